The van der Waals surface area contributed by atoms with Gasteiger partial charge >= 0.3 is 0 Å². The van der Waals surface area contributed by atoms with E-state index in [1.54, 1.807) is 25.3 Å². The minimum Gasteiger partial charge on any atom is -0.497 e. The lowest BCUT2D eigenvalue weighted by Crippen LogP contribution is -2.61. The number of hydroxylamine groups is 1. The van der Waals surface area contributed by atoms with Crippen LogP contribution >= 0.6 is 11.3 Å². The average molecular weight is 560 g/mol. The maximum Gasteiger partial charge on any atom is 0.263 e. The van der Waals surface area contributed by atoms with Crippen molar-refractivity contribution in [1.29, 1.82) is 0 Å². The van der Waals surface area contributed by atoms with Gasteiger partial charge in [-0.2, -0.15) is 8.61 Å². The second-order valence-electron chi connectivity index (χ2n) is 8.48. The van der Waals surface area contributed by atoms with E-state index in [1.807, 2.05) is 12.1 Å². The Kier molecular flexibility index (Phi) is 8.34. The molecule has 2 aliphatic rings. The summed E-state index contributed by atoms with van der Waals surface area (Å²) < 4.78 is 64.4. The molecule has 14 heteroatoms. The molecule has 11 nitrogen and oxygen atoms in total. The van der Waals surface area contributed by atoms with Crippen LogP contribution in [-0.4, -0.2) is 83.3 Å². The van der Waals surface area contributed by atoms with E-state index >= 15 is 0 Å². The van der Waals surface area contributed by atoms with Gasteiger partial charge in [0.2, 0.25) is 10.0 Å². The molecule has 2 aromatic rings. The van der Waals surface area contributed by atoms with E-state index in [9.17, 15) is 21.6 Å². The molecule has 198 valence electrons. The summed E-state index contributed by atoms with van der Waals surface area (Å²) in [4.78, 5) is 19.1. The number of benzene rings is 1. The van der Waals surface area contributed by atoms with Crippen LogP contribution in [0.4, 0.5) is 0 Å². The number of carbonyl (C=O) groups excluding carboxylic acids is 1. The fraction of sp³-hybridized carbons (Fsp3) is 0.500. The van der Waals surface area contributed by atoms with Crippen LogP contribution in [0.3, 0.4) is 0 Å². The molecule has 2 fully saturated rings. The summed E-state index contributed by atoms with van der Waals surface area (Å²) in [5.41, 5.74) is 3.08. The summed E-state index contributed by atoms with van der Waals surface area (Å²) in [5, 5.41) is 0. The molecule has 0 radical (unpaired) electrons. The third kappa shape index (κ3) is 6.07. The van der Waals surface area contributed by atoms with E-state index in [2.05, 4.69) is 5.48 Å². The van der Waals surface area contributed by atoms with E-state index in [-0.39, 0.29) is 23.8 Å². The summed E-state index contributed by atoms with van der Waals surface area (Å²) in [6.07, 6.45) is 2.75. The zero-order valence-corrected chi connectivity index (χ0v) is 22.4. The highest BCUT2D eigenvalue weighted by atomic mass is 32.2. The first-order valence-electron chi connectivity index (χ1n) is 11.4. The summed E-state index contributed by atoms with van der Waals surface area (Å²) >= 11 is 1.06. The molecule has 0 aliphatic carbocycles. The molecule has 1 N–H and O–H groups in total. The third-order valence-electron chi connectivity index (χ3n) is 5.99. The van der Waals surface area contributed by atoms with Gasteiger partial charge in [-0.25, -0.2) is 27.2 Å². The topological polar surface area (TPSA) is 132 Å². The third-order valence-corrected chi connectivity index (χ3v) is 10.8. The van der Waals surface area contributed by atoms with Crippen LogP contribution in [0.2, 0.25) is 0 Å². The Morgan fingerprint density at radius 1 is 1.14 bits per heavy atom. The number of carbonyl (C=O) groups is 1. The van der Waals surface area contributed by atoms with Crippen molar-refractivity contribution in [2.45, 2.75) is 35.8 Å². The molecule has 2 atom stereocenters. The van der Waals surface area contributed by atoms with Crippen LogP contribution in [0, 0.1) is 0 Å². The minimum absolute atomic E-state index is 0.0439. The van der Waals surface area contributed by atoms with Crippen LogP contribution in [0.1, 0.15) is 19.3 Å². The van der Waals surface area contributed by atoms with Crippen LogP contribution in [0.5, 0.6) is 5.75 Å². The number of hydrogen-bond acceptors (Lipinski definition) is 9. The maximum atomic E-state index is 13.6. The van der Waals surface area contributed by atoms with Gasteiger partial charge in [0.25, 0.3) is 15.9 Å². The normalized spacial score (nSPS) is 22.3. The average Bonchev–Trinajstić information content (AvgIpc) is 3.38. The molecule has 2 saturated heterocycles. The molecule has 36 heavy (non-hydrogen) atoms. The molecule has 1 aromatic carbocycles. The van der Waals surface area contributed by atoms with Crippen LogP contribution in [0.25, 0.3) is 10.4 Å². The van der Waals surface area contributed by atoms with Crippen molar-refractivity contribution < 1.29 is 35.9 Å². The zero-order chi connectivity index (χ0) is 25.9. The lowest BCUT2D eigenvalue weighted by Gasteiger charge is -2.38. The smallest absolute Gasteiger partial charge is 0.263 e. The van der Waals surface area contributed by atoms with E-state index < -0.39 is 38.3 Å². The number of methoxy groups -OCH3 is 1. The van der Waals surface area contributed by atoms with E-state index in [1.165, 1.54) is 6.07 Å². The molecule has 2 aliphatic heterocycles. The molecule has 3 heterocycles. The molecule has 0 spiro atoms. The number of rotatable bonds is 8. The Hall–Kier alpha value is -2.07. The van der Waals surface area contributed by atoms with Gasteiger partial charge in [0.05, 0.1) is 13.4 Å². The number of piperazine rings is 1. The van der Waals surface area contributed by atoms with Crippen molar-refractivity contribution in [1.82, 2.24) is 14.1 Å². The highest BCUT2D eigenvalue weighted by Gasteiger charge is 2.43. The molecule has 2 unspecified atom stereocenters. The summed E-state index contributed by atoms with van der Waals surface area (Å²) in [6, 6.07) is 9.11. The van der Waals surface area contributed by atoms with Crippen LogP contribution in [0.15, 0.2) is 40.6 Å². The summed E-state index contributed by atoms with van der Waals surface area (Å²) in [5.74, 6) is -0.119. The van der Waals surface area contributed by atoms with E-state index in [0.717, 1.165) is 44.6 Å². The number of ether oxygens (including phenoxy) is 2. The molecule has 4 rings (SSSR count). The first-order chi connectivity index (χ1) is 17.1. The quantitative estimate of drug-likeness (QED) is 0.483. The highest BCUT2D eigenvalue weighted by molar-refractivity contribution is 7.91. The lowest BCUT2D eigenvalue weighted by molar-refractivity contribution is -0.202. The monoisotopic (exact) mass is 559 g/mol. The molecule has 0 saturated carbocycles. The Labute approximate surface area is 215 Å². The molecular weight excluding hydrogens is 530 g/mol. The first-order valence-corrected chi connectivity index (χ1v) is 15.5. The number of nitrogens with one attached hydrogen (secondary N) is 1. The zero-order valence-electron chi connectivity index (χ0n) is 20.0. The van der Waals surface area contributed by atoms with Crippen molar-refractivity contribution >= 4 is 37.3 Å². The number of thiophene rings is 1. The SMILES string of the molecule is COc1cccc(-c2ccc(S(=O)(=O)N3CCN(S(C)(=O)=O)CC3C(=O)NOC3CCCCO3)s2)c1. The van der Waals surface area contributed by atoms with Gasteiger partial charge in [0, 0.05) is 37.5 Å². The van der Waals surface area contributed by atoms with Gasteiger partial charge in [-0.1, -0.05) is 12.1 Å². The van der Waals surface area contributed by atoms with Gasteiger partial charge in [0.1, 0.15) is 16.0 Å². The Morgan fingerprint density at radius 3 is 2.64 bits per heavy atom. The standard InChI is InChI=1S/C22H29N3O8S3/c1-31-17-7-5-6-16(14-17)19-9-10-21(34-19)36(29,30)25-12-11-24(35(2,27)28)15-18(25)22(26)23-33-20-8-3-4-13-32-20/h5-7,9-10,14,18,20H,3-4,8,11-13,15H2,1-2H3,(H,23,26). The lowest BCUT2D eigenvalue weighted by atomic mass is 10.2. The second kappa shape index (κ2) is 11.1. The fourth-order valence-electron chi connectivity index (χ4n) is 4.05. The number of nitrogens with zero attached hydrogens (tertiary/aromatic N) is 2. The number of amides is 1. The predicted molar refractivity (Wildman–Crippen MR) is 133 cm³/mol. The summed E-state index contributed by atoms with van der Waals surface area (Å²) in [7, 11) is -6.21. The van der Waals surface area contributed by atoms with Crippen LogP contribution < -0.4 is 10.2 Å². The molecule has 0 bridgehead atoms. The van der Waals surface area contributed by atoms with Crippen molar-refractivity contribution in [3.05, 3.63) is 36.4 Å². The maximum absolute atomic E-state index is 13.6. The molecular formula is C22H29N3O8S3. The number of sulfonamides is 2. The Morgan fingerprint density at radius 2 is 1.94 bits per heavy atom. The Bertz CT molecular complexity index is 1290. The van der Waals surface area contributed by atoms with Gasteiger partial charge in [0.15, 0.2) is 6.29 Å². The highest BCUT2D eigenvalue weighted by Crippen LogP contribution is 2.35. The van der Waals surface area contributed by atoms with Crippen LogP contribution in [-0.2, 0) is 34.4 Å². The van der Waals surface area contributed by atoms with Crippen molar-refractivity contribution in [3.8, 4) is 16.2 Å². The van der Waals surface area contributed by atoms with Gasteiger partial charge < -0.3 is 9.47 Å². The van der Waals surface area contributed by atoms with Crippen molar-refractivity contribution in [2.75, 3.05) is 39.6 Å². The summed E-state index contributed by atoms with van der Waals surface area (Å²) in [6.45, 7) is -0.0738. The molecule has 1 aromatic heterocycles. The van der Waals surface area contributed by atoms with Gasteiger partial charge in [-0.3, -0.25) is 4.79 Å². The van der Waals surface area contributed by atoms with Crippen molar-refractivity contribution in [3.63, 3.8) is 0 Å². The van der Waals surface area contributed by atoms with E-state index in [4.69, 9.17) is 14.3 Å². The van der Waals surface area contributed by atoms with E-state index in [0.29, 0.717) is 23.7 Å². The van der Waals surface area contributed by atoms with Crippen molar-refractivity contribution in [2.24, 2.45) is 0 Å². The fourth-order valence-corrected chi connectivity index (χ4v) is 7.87. The first kappa shape index (κ1) is 27.0. The predicted octanol–water partition coefficient (Wildman–Crippen LogP) is 1.63. The molecule has 1 amide bonds. The van der Waals surface area contributed by atoms with Gasteiger partial charge in [-0.05, 0) is 42.7 Å². The minimum atomic E-state index is -4.12. The number of hydrogen-bond donors (Lipinski definition) is 1. The van der Waals surface area contributed by atoms with Gasteiger partial charge in [-0.15, -0.1) is 11.3 Å². The second-order valence-corrected chi connectivity index (χ2v) is 13.7. The Balaban J connectivity index is 1.57. The largest absolute Gasteiger partial charge is 0.497 e.